The highest BCUT2D eigenvalue weighted by Gasteiger charge is 2.67. The maximum absolute atomic E-state index is 14.2. The second kappa shape index (κ2) is 7.93. The topological polar surface area (TPSA) is 103 Å². The van der Waals surface area contributed by atoms with Crippen LogP contribution in [0, 0.1) is 11.8 Å². The number of benzene rings is 2. The zero-order valence-electron chi connectivity index (χ0n) is 19.4. The highest BCUT2D eigenvalue weighted by Crippen LogP contribution is 2.57. The van der Waals surface area contributed by atoms with Gasteiger partial charge in [0.15, 0.2) is 11.5 Å². The van der Waals surface area contributed by atoms with Crippen LogP contribution in [0.15, 0.2) is 36.4 Å². The van der Waals surface area contributed by atoms with E-state index in [1.54, 1.807) is 26.0 Å². The quantitative estimate of drug-likeness (QED) is 0.691. The van der Waals surface area contributed by atoms with Gasteiger partial charge in [0.1, 0.15) is 11.3 Å². The lowest BCUT2D eigenvalue weighted by Crippen LogP contribution is -2.57. The van der Waals surface area contributed by atoms with Crippen molar-refractivity contribution in [3.63, 3.8) is 0 Å². The number of nitrogens with zero attached hydrogens (tertiary/aromatic N) is 1. The van der Waals surface area contributed by atoms with Crippen LogP contribution in [0.25, 0.3) is 0 Å². The summed E-state index contributed by atoms with van der Waals surface area (Å²) in [6.45, 7) is 3.67. The standard InChI is InChI=1S/C25H26N2O7/c1-5-33-23(29)20-15-12-34-17-9-7-6-8-13(17)21(15)27-22(28)14-10-18(31-3)19(32-4)11-16(14)26-24(30)25(20,27)2/h6-11,15,20-21H,5,12H2,1-4H3,(H,26,30)/t15?,20?,21?,25-/m1/s1. The molecule has 0 bridgehead atoms. The van der Waals surface area contributed by atoms with Crippen LogP contribution in [0.3, 0.4) is 0 Å². The highest BCUT2D eigenvalue weighted by atomic mass is 16.5. The van der Waals surface area contributed by atoms with Crippen LogP contribution in [0.1, 0.15) is 35.8 Å². The molecule has 4 atom stereocenters. The minimum atomic E-state index is -1.51. The molecule has 5 rings (SSSR count). The van der Waals surface area contributed by atoms with Crippen LogP contribution < -0.4 is 19.5 Å². The molecule has 9 nitrogen and oxygen atoms in total. The number of ether oxygens (including phenoxy) is 4. The van der Waals surface area contributed by atoms with Crippen molar-refractivity contribution in [2.75, 3.05) is 32.8 Å². The van der Waals surface area contributed by atoms with Crippen LogP contribution in [0.2, 0.25) is 0 Å². The molecule has 3 aliphatic heterocycles. The molecule has 34 heavy (non-hydrogen) atoms. The summed E-state index contributed by atoms with van der Waals surface area (Å²) >= 11 is 0. The largest absolute Gasteiger partial charge is 0.493 e. The Kier molecular flexibility index (Phi) is 5.15. The molecule has 1 saturated heterocycles. The first-order valence-corrected chi connectivity index (χ1v) is 11.2. The fourth-order valence-electron chi connectivity index (χ4n) is 5.59. The fraction of sp³-hybridized carbons (Fsp3) is 0.400. The number of anilines is 1. The van der Waals surface area contributed by atoms with Crippen LogP contribution >= 0.6 is 0 Å². The van der Waals surface area contributed by atoms with Gasteiger partial charge in [-0.05, 0) is 26.0 Å². The Labute approximate surface area is 196 Å². The number of rotatable bonds is 4. The average molecular weight is 466 g/mol. The van der Waals surface area contributed by atoms with Crippen molar-refractivity contribution in [1.29, 1.82) is 0 Å². The molecule has 2 amide bonds. The zero-order valence-corrected chi connectivity index (χ0v) is 19.4. The number of para-hydroxylation sites is 1. The van der Waals surface area contributed by atoms with Gasteiger partial charge >= 0.3 is 5.97 Å². The summed E-state index contributed by atoms with van der Waals surface area (Å²) in [4.78, 5) is 42.8. The maximum Gasteiger partial charge on any atom is 0.312 e. The summed E-state index contributed by atoms with van der Waals surface area (Å²) in [6.07, 6.45) is 0. The van der Waals surface area contributed by atoms with E-state index in [1.165, 1.54) is 19.1 Å². The molecule has 0 aromatic heterocycles. The molecule has 0 radical (unpaired) electrons. The fourth-order valence-corrected chi connectivity index (χ4v) is 5.59. The Morgan fingerprint density at radius 2 is 1.88 bits per heavy atom. The van der Waals surface area contributed by atoms with Crippen molar-refractivity contribution in [3.05, 3.63) is 47.5 Å². The second-order valence-corrected chi connectivity index (χ2v) is 8.72. The van der Waals surface area contributed by atoms with Crippen LogP contribution in [0.4, 0.5) is 5.69 Å². The molecule has 3 aliphatic rings. The SMILES string of the molecule is CCOC(=O)C1C2COc3ccccc3C2N2C(=O)c3cc(OC)c(OC)cc3NC(=O)[C@@]12C. The monoisotopic (exact) mass is 466 g/mol. The van der Waals surface area contributed by atoms with Crippen LogP contribution in [-0.4, -0.2) is 55.7 Å². The molecule has 0 spiro atoms. The molecule has 1 N–H and O–H groups in total. The van der Waals surface area contributed by atoms with Crippen molar-refractivity contribution in [3.8, 4) is 17.2 Å². The van der Waals surface area contributed by atoms with Gasteiger partial charge in [-0.15, -0.1) is 0 Å². The van der Waals surface area contributed by atoms with Gasteiger partial charge < -0.3 is 29.2 Å². The lowest BCUT2D eigenvalue weighted by Gasteiger charge is -2.38. The molecule has 3 unspecified atom stereocenters. The van der Waals surface area contributed by atoms with E-state index in [1.807, 2.05) is 24.3 Å². The van der Waals surface area contributed by atoms with Crippen molar-refractivity contribution in [2.24, 2.45) is 11.8 Å². The second-order valence-electron chi connectivity index (χ2n) is 8.72. The minimum Gasteiger partial charge on any atom is -0.493 e. The van der Waals surface area contributed by atoms with Crippen LogP contribution in [0.5, 0.6) is 17.2 Å². The Morgan fingerprint density at radius 3 is 2.59 bits per heavy atom. The summed E-state index contributed by atoms with van der Waals surface area (Å²) in [5.41, 5.74) is -0.217. The molecule has 2 aromatic carbocycles. The third-order valence-electron chi connectivity index (χ3n) is 7.11. The van der Waals surface area contributed by atoms with Gasteiger partial charge in [0.25, 0.3) is 11.8 Å². The molecule has 2 aromatic rings. The summed E-state index contributed by atoms with van der Waals surface area (Å²) in [7, 11) is 2.95. The van der Waals surface area contributed by atoms with Crippen LogP contribution in [-0.2, 0) is 14.3 Å². The van der Waals surface area contributed by atoms with Crippen molar-refractivity contribution >= 4 is 23.5 Å². The first kappa shape index (κ1) is 22.1. The predicted molar refractivity (Wildman–Crippen MR) is 121 cm³/mol. The van der Waals surface area contributed by atoms with Gasteiger partial charge in [0.05, 0.1) is 50.6 Å². The molecule has 1 fully saturated rings. The highest BCUT2D eigenvalue weighted by molar-refractivity contribution is 6.14. The third kappa shape index (κ3) is 2.89. The van der Waals surface area contributed by atoms with Gasteiger partial charge in [-0.2, -0.15) is 0 Å². The summed E-state index contributed by atoms with van der Waals surface area (Å²) < 4.78 is 22.1. The molecule has 0 aliphatic carbocycles. The number of methoxy groups -OCH3 is 2. The predicted octanol–water partition coefficient (Wildman–Crippen LogP) is 2.80. The number of carbonyl (C=O) groups is 3. The molecule has 3 heterocycles. The minimum absolute atomic E-state index is 0.157. The number of fused-ring (bicyclic) bond motifs is 6. The van der Waals surface area contributed by atoms with E-state index in [-0.39, 0.29) is 18.8 Å². The van der Waals surface area contributed by atoms with Gasteiger partial charge in [0, 0.05) is 17.5 Å². The number of nitrogens with one attached hydrogen (secondary N) is 1. The van der Waals surface area contributed by atoms with Crippen molar-refractivity contribution < 1.29 is 33.3 Å². The molecule has 0 saturated carbocycles. The lowest BCUT2D eigenvalue weighted by atomic mass is 9.77. The maximum atomic E-state index is 14.2. The zero-order chi connectivity index (χ0) is 24.2. The third-order valence-corrected chi connectivity index (χ3v) is 7.11. The van der Waals surface area contributed by atoms with Gasteiger partial charge in [-0.1, -0.05) is 18.2 Å². The first-order chi connectivity index (χ1) is 16.4. The van der Waals surface area contributed by atoms with Crippen molar-refractivity contribution in [1.82, 2.24) is 4.90 Å². The van der Waals surface area contributed by atoms with E-state index in [0.717, 1.165) is 5.56 Å². The van der Waals surface area contributed by atoms with E-state index < -0.39 is 41.2 Å². The van der Waals surface area contributed by atoms with Gasteiger partial charge in [-0.25, -0.2) is 0 Å². The van der Waals surface area contributed by atoms with Gasteiger partial charge in [-0.3, -0.25) is 14.4 Å². The van der Waals surface area contributed by atoms with Crippen molar-refractivity contribution in [2.45, 2.75) is 25.4 Å². The molecular weight excluding hydrogens is 440 g/mol. The number of hydrogen-bond donors (Lipinski definition) is 1. The Hall–Kier alpha value is -3.75. The number of hydrogen-bond acceptors (Lipinski definition) is 7. The Balaban J connectivity index is 1.75. The molecular formula is C25H26N2O7. The smallest absolute Gasteiger partial charge is 0.312 e. The number of amides is 2. The van der Waals surface area contributed by atoms with E-state index in [4.69, 9.17) is 18.9 Å². The van der Waals surface area contributed by atoms with E-state index in [0.29, 0.717) is 22.9 Å². The summed E-state index contributed by atoms with van der Waals surface area (Å²) in [6, 6.07) is 9.95. The van der Waals surface area contributed by atoms with E-state index in [2.05, 4.69) is 5.32 Å². The van der Waals surface area contributed by atoms with E-state index >= 15 is 0 Å². The normalized spacial score (nSPS) is 26.7. The average Bonchev–Trinajstić information content (AvgIpc) is 3.09. The molecule has 9 heteroatoms. The van der Waals surface area contributed by atoms with E-state index in [9.17, 15) is 14.4 Å². The number of esters is 1. The molecule has 178 valence electrons. The summed E-state index contributed by atoms with van der Waals surface area (Å²) in [5.74, 6) is -1.43. The Bertz CT molecular complexity index is 1200. The number of carbonyl (C=O) groups excluding carboxylic acids is 3. The summed E-state index contributed by atoms with van der Waals surface area (Å²) in [5, 5.41) is 2.87. The Morgan fingerprint density at radius 1 is 1.18 bits per heavy atom. The lowest BCUT2D eigenvalue weighted by molar-refractivity contribution is -0.155. The first-order valence-electron chi connectivity index (χ1n) is 11.2. The van der Waals surface area contributed by atoms with Gasteiger partial charge in [0.2, 0.25) is 0 Å².